The minimum absolute atomic E-state index is 0.0730. The largest absolute Gasteiger partial charge is 0.466 e. The molecule has 0 heterocycles. The number of hydrogen-bond acceptors (Lipinski definition) is 11. The molecule has 3 rings (SSSR count). The quantitative estimate of drug-likeness (QED) is 0.0250. The molecule has 0 N–H and O–H groups in total. The highest BCUT2D eigenvalue weighted by Gasteiger charge is 2.44. The first-order valence-electron chi connectivity index (χ1n) is 30.1. The van der Waals surface area contributed by atoms with E-state index < -0.39 is 0 Å². The summed E-state index contributed by atoms with van der Waals surface area (Å²) in [6.07, 6.45) is 36.8. The van der Waals surface area contributed by atoms with Crippen molar-refractivity contribution in [3.05, 3.63) is 12.2 Å². The number of esters is 5. The second-order valence-corrected chi connectivity index (χ2v) is 22.7. The van der Waals surface area contributed by atoms with Crippen molar-refractivity contribution in [3.8, 4) is 0 Å². The number of carbonyl (C=O) groups excluding carboxylic acids is 5. The number of ether oxygens (including phenoxy) is 5. The van der Waals surface area contributed by atoms with Gasteiger partial charge in [0.1, 0.15) is 12.2 Å². The molecule has 0 aliphatic heterocycles. The molecule has 0 bridgehead atoms. The Balaban J connectivity index is 1.46. The third-order valence-electron chi connectivity index (χ3n) is 15.9. The predicted octanol–water partition coefficient (Wildman–Crippen LogP) is 14.6. The SMILES string of the molecule is CC/C=C\CC1C(CC(=O)OCCC(CCCCCCCCC2CC2CC2CC2CCCCC)OC(=O)CCCCC(COC(=O)CCCCC)COC(=O)CCCCC)CCC1OC(=O)CCCN(C)C. The first-order valence-corrected chi connectivity index (χ1v) is 30.1. The van der Waals surface area contributed by atoms with E-state index in [1.807, 2.05) is 14.1 Å². The van der Waals surface area contributed by atoms with E-state index in [0.717, 1.165) is 120 Å². The van der Waals surface area contributed by atoms with Crippen molar-refractivity contribution in [2.75, 3.05) is 40.5 Å². The molecule has 3 aliphatic carbocycles. The van der Waals surface area contributed by atoms with Gasteiger partial charge in [0.05, 0.1) is 19.8 Å². The molecule has 8 unspecified atom stereocenters. The van der Waals surface area contributed by atoms with Crippen molar-refractivity contribution in [3.63, 3.8) is 0 Å². The number of hydrogen-bond donors (Lipinski definition) is 0. The summed E-state index contributed by atoms with van der Waals surface area (Å²) in [5.41, 5.74) is 0. The molecule has 0 radical (unpaired) electrons. The van der Waals surface area contributed by atoms with E-state index in [4.69, 9.17) is 23.7 Å². The maximum atomic E-state index is 13.4. The highest BCUT2D eigenvalue weighted by Crippen LogP contribution is 2.54. The van der Waals surface area contributed by atoms with Crippen LogP contribution in [0.5, 0.6) is 0 Å². The van der Waals surface area contributed by atoms with Gasteiger partial charge in [0.2, 0.25) is 0 Å². The van der Waals surface area contributed by atoms with Crippen molar-refractivity contribution in [1.82, 2.24) is 4.90 Å². The lowest BCUT2D eigenvalue weighted by Crippen LogP contribution is -2.27. The van der Waals surface area contributed by atoms with Gasteiger partial charge in [-0.2, -0.15) is 0 Å². The van der Waals surface area contributed by atoms with Gasteiger partial charge in [0.15, 0.2) is 0 Å². The molecule has 0 aromatic heterocycles. The topological polar surface area (TPSA) is 135 Å². The van der Waals surface area contributed by atoms with Gasteiger partial charge in [0, 0.05) is 50.4 Å². The standard InChI is InChI=1S/C61H107NO10/c1-7-11-19-29-49-42-52(49)44-53-43-50(53)30-23-17-15-16-18-24-31-54(39-41-68-61(67)45-51-37-38-56(55(51)32-20-12-8-2)72-60(66)36-27-40-62(5)6)71-59(65)35-26-25-28-48(46-69-57(63)33-21-13-9-3)47-70-58(64)34-22-14-10-4/h12,20,48-56H,7-11,13-19,21-47H2,1-6H3/b20-12-. The zero-order valence-electron chi connectivity index (χ0n) is 47.0. The van der Waals surface area contributed by atoms with E-state index in [9.17, 15) is 24.0 Å². The van der Waals surface area contributed by atoms with Gasteiger partial charge in [-0.25, -0.2) is 0 Å². The van der Waals surface area contributed by atoms with Crippen LogP contribution in [0.1, 0.15) is 252 Å². The molecule has 3 saturated carbocycles. The van der Waals surface area contributed by atoms with Crippen LogP contribution in [0.3, 0.4) is 0 Å². The Morgan fingerprint density at radius 3 is 1.71 bits per heavy atom. The van der Waals surface area contributed by atoms with Gasteiger partial charge in [-0.1, -0.05) is 136 Å². The van der Waals surface area contributed by atoms with Crippen LogP contribution in [0.2, 0.25) is 0 Å². The Kier molecular flexibility index (Phi) is 34.7. The lowest BCUT2D eigenvalue weighted by Gasteiger charge is -2.24. The number of unbranched alkanes of at least 4 members (excludes halogenated alkanes) is 12. The lowest BCUT2D eigenvalue weighted by atomic mass is 9.88. The minimum atomic E-state index is -0.337. The number of allylic oxidation sites excluding steroid dienone is 2. The first-order chi connectivity index (χ1) is 35.0. The fourth-order valence-electron chi connectivity index (χ4n) is 11.1. The highest BCUT2D eigenvalue weighted by atomic mass is 16.6. The van der Waals surface area contributed by atoms with Gasteiger partial charge in [-0.3, -0.25) is 24.0 Å². The van der Waals surface area contributed by atoms with Crippen LogP contribution in [0.25, 0.3) is 0 Å². The Hall–Kier alpha value is -2.95. The summed E-state index contributed by atoms with van der Waals surface area (Å²) >= 11 is 0. The minimum Gasteiger partial charge on any atom is -0.466 e. The molecule has 0 saturated heterocycles. The molecule has 416 valence electrons. The van der Waals surface area contributed by atoms with Gasteiger partial charge < -0.3 is 28.6 Å². The molecule has 3 aliphatic rings. The van der Waals surface area contributed by atoms with Gasteiger partial charge in [-0.05, 0) is 140 Å². The van der Waals surface area contributed by atoms with Crippen LogP contribution < -0.4 is 0 Å². The predicted molar refractivity (Wildman–Crippen MR) is 289 cm³/mol. The maximum Gasteiger partial charge on any atom is 0.306 e. The normalized spacial score (nSPS) is 21.8. The van der Waals surface area contributed by atoms with E-state index in [0.29, 0.717) is 44.9 Å². The summed E-state index contributed by atoms with van der Waals surface area (Å²) in [6, 6.07) is 0. The third-order valence-corrected chi connectivity index (χ3v) is 15.9. The van der Waals surface area contributed by atoms with Gasteiger partial charge in [0.25, 0.3) is 0 Å². The molecule has 3 fully saturated rings. The molecule has 11 heteroatoms. The van der Waals surface area contributed by atoms with Gasteiger partial charge in [-0.15, -0.1) is 0 Å². The molecule has 0 spiro atoms. The van der Waals surface area contributed by atoms with Crippen LogP contribution >= 0.6 is 0 Å². The first kappa shape index (κ1) is 63.3. The summed E-state index contributed by atoms with van der Waals surface area (Å²) in [5.74, 6) is 2.97. The van der Waals surface area contributed by atoms with E-state index in [-0.39, 0.29) is 92.5 Å². The van der Waals surface area contributed by atoms with Crippen LogP contribution in [0, 0.1) is 41.4 Å². The Bertz CT molecular complexity index is 1470. The summed E-state index contributed by atoms with van der Waals surface area (Å²) in [7, 11) is 4.00. The highest BCUT2D eigenvalue weighted by molar-refractivity contribution is 5.71. The number of nitrogens with zero attached hydrogens (tertiary/aromatic N) is 1. The number of carbonyl (C=O) groups is 5. The average Bonchev–Trinajstić information content (AvgIpc) is 4.25. The molecular weight excluding hydrogens is 907 g/mol. The maximum absolute atomic E-state index is 13.4. The molecule has 0 aromatic carbocycles. The average molecular weight is 1010 g/mol. The molecular formula is C61H107NO10. The fourth-order valence-corrected chi connectivity index (χ4v) is 11.1. The summed E-state index contributed by atoms with van der Waals surface area (Å²) in [6.45, 7) is 10.0. The van der Waals surface area contributed by atoms with Crippen molar-refractivity contribution in [2.24, 2.45) is 41.4 Å². The molecule has 0 aromatic rings. The Morgan fingerprint density at radius 2 is 1.08 bits per heavy atom. The van der Waals surface area contributed by atoms with Crippen molar-refractivity contribution in [2.45, 2.75) is 265 Å². The molecule has 72 heavy (non-hydrogen) atoms. The smallest absolute Gasteiger partial charge is 0.306 e. The van der Waals surface area contributed by atoms with Crippen molar-refractivity contribution < 1.29 is 47.7 Å². The van der Waals surface area contributed by atoms with Crippen LogP contribution in [-0.4, -0.2) is 87.4 Å². The fraction of sp³-hybridized carbons (Fsp3) is 0.885. The zero-order valence-corrected chi connectivity index (χ0v) is 47.0. The van der Waals surface area contributed by atoms with Crippen LogP contribution in [0.15, 0.2) is 12.2 Å². The van der Waals surface area contributed by atoms with Crippen molar-refractivity contribution in [1.29, 1.82) is 0 Å². The van der Waals surface area contributed by atoms with Crippen LogP contribution in [0.4, 0.5) is 0 Å². The monoisotopic (exact) mass is 1010 g/mol. The summed E-state index contributed by atoms with van der Waals surface area (Å²) < 4.78 is 29.2. The van der Waals surface area contributed by atoms with E-state index >= 15 is 0 Å². The second-order valence-electron chi connectivity index (χ2n) is 22.7. The lowest BCUT2D eigenvalue weighted by molar-refractivity contribution is -0.152. The number of rotatable bonds is 46. The van der Waals surface area contributed by atoms with Gasteiger partial charge >= 0.3 is 29.8 Å². The van der Waals surface area contributed by atoms with E-state index in [1.165, 1.54) is 77.0 Å². The summed E-state index contributed by atoms with van der Waals surface area (Å²) in [5, 5.41) is 0. The second kappa shape index (κ2) is 39.5. The van der Waals surface area contributed by atoms with E-state index in [2.05, 4.69) is 44.7 Å². The van der Waals surface area contributed by atoms with Crippen molar-refractivity contribution >= 4 is 29.8 Å². The molecule has 0 amide bonds. The Labute approximate surface area is 439 Å². The summed E-state index contributed by atoms with van der Waals surface area (Å²) in [4.78, 5) is 66.4. The van der Waals surface area contributed by atoms with E-state index in [1.54, 1.807) is 0 Å². The molecule has 11 nitrogen and oxygen atoms in total. The van der Waals surface area contributed by atoms with Crippen LogP contribution in [-0.2, 0) is 47.7 Å². The molecule has 8 atom stereocenters. The third kappa shape index (κ3) is 30.4. The Morgan fingerprint density at radius 1 is 0.528 bits per heavy atom. The zero-order chi connectivity index (χ0) is 52.2.